The standard InChI is InChI=1S/C20H35N5O.HI/c1-5-23(6-2)13-9-12-22-20(21-3)25-16-14-24(15-17-25)18-10-7-8-11-19(18)26-4;/h7-8,10-11H,5-6,9,12-17H2,1-4H3,(H,21,22);1H. The summed E-state index contributed by atoms with van der Waals surface area (Å²) in [4.78, 5) is 11.7. The molecule has 1 heterocycles. The Labute approximate surface area is 182 Å². The lowest BCUT2D eigenvalue weighted by Crippen LogP contribution is -2.52. The summed E-state index contributed by atoms with van der Waals surface area (Å²) in [6.45, 7) is 12.7. The zero-order valence-electron chi connectivity index (χ0n) is 17.3. The number of hydrogen-bond acceptors (Lipinski definition) is 4. The number of hydrogen-bond donors (Lipinski definition) is 1. The van der Waals surface area contributed by atoms with Crippen LogP contribution in [0, 0.1) is 0 Å². The molecule has 154 valence electrons. The van der Waals surface area contributed by atoms with Crippen molar-refractivity contribution in [3.63, 3.8) is 0 Å². The Bertz CT molecular complexity index is 557. The molecule has 0 atom stereocenters. The summed E-state index contributed by atoms with van der Waals surface area (Å²) in [5, 5.41) is 3.53. The molecule has 0 bridgehead atoms. The van der Waals surface area contributed by atoms with E-state index in [4.69, 9.17) is 4.74 Å². The van der Waals surface area contributed by atoms with Crippen LogP contribution in [0.2, 0.25) is 0 Å². The first kappa shape index (κ1) is 23.8. The highest BCUT2D eigenvalue weighted by molar-refractivity contribution is 14.0. The van der Waals surface area contributed by atoms with Crippen molar-refractivity contribution >= 4 is 35.6 Å². The first-order valence-corrected chi connectivity index (χ1v) is 9.79. The molecule has 0 amide bonds. The second-order valence-electron chi connectivity index (χ2n) is 6.50. The van der Waals surface area contributed by atoms with Crippen LogP contribution < -0.4 is 15.0 Å². The predicted octanol–water partition coefficient (Wildman–Crippen LogP) is 2.74. The second-order valence-corrected chi connectivity index (χ2v) is 6.50. The number of methoxy groups -OCH3 is 1. The summed E-state index contributed by atoms with van der Waals surface area (Å²) in [7, 11) is 3.61. The van der Waals surface area contributed by atoms with Crippen LogP contribution in [0.15, 0.2) is 29.3 Å². The molecule has 1 aromatic rings. The van der Waals surface area contributed by atoms with E-state index in [-0.39, 0.29) is 24.0 Å². The maximum absolute atomic E-state index is 5.50. The highest BCUT2D eigenvalue weighted by Gasteiger charge is 2.21. The van der Waals surface area contributed by atoms with Crippen molar-refractivity contribution in [1.82, 2.24) is 15.1 Å². The number of aliphatic imine (C=N–C) groups is 1. The Morgan fingerprint density at radius 3 is 2.41 bits per heavy atom. The van der Waals surface area contributed by atoms with Gasteiger partial charge in [0.15, 0.2) is 5.96 Å². The molecule has 1 aliphatic rings. The van der Waals surface area contributed by atoms with Crippen LogP contribution >= 0.6 is 24.0 Å². The van der Waals surface area contributed by atoms with Crippen LogP contribution in [0.3, 0.4) is 0 Å². The van der Waals surface area contributed by atoms with Crippen molar-refractivity contribution in [3.8, 4) is 5.75 Å². The van der Waals surface area contributed by atoms with E-state index in [1.165, 1.54) is 5.69 Å². The van der Waals surface area contributed by atoms with Crippen LogP contribution in [0.25, 0.3) is 0 Å². The molecular weight excluding hydrogens is 453 g/mol. The molecule has 0 aliphatic carbocycles. The van der Waals surface area contributed by atoms with Gasteiger partial charge in [-0.1, -0.05) is 26.0 Å². The number of ether oxygens (including phenoxy) is 1. The van der Waals surface area contributed by atoms with Gasteiger partial charge in [0.05, 0.1) is 12.8 Å². The SMILES string of the molecule is CCN(CC)CCCNC(=NC)N1CCN(c2ccccc2OC)CC1.I. The Morgan fingerprint density at radius 1 is 1.15 bits per heavy atom. The van der Waals surface area contributed by atoms with Gasteiger partial charge in [-0.3, -0.25) is 4.99 Å². The minimum Gasteiger partial charge on any atom is -0.495 e. The highest BCUT2D eigenvalue weighted by atomic mass is 127. The molecule has 1 aromatic carbocycles. The lowest BCUT2D eigenvalue weighted by molar-refractivity contribution is 0.298. The number of halogens is 1. The molecule has 2 rings (SSSR count). The zero-order valence-corrected chi connectivity index (χ0v) is 19.6. The molecule has 0 aromatic heterocycles. The summed E-state index contributed by atoms with van der Waals surface area (Å²) in [6.07, 6.45) is 1.14. The topological polar surface area (TPSA) is 43.3 Å². The van der Waals surface area contributed by atoms with Gasteiger partial charge in [-0.05, 0) is 38.2 Å². The molecule has 0 unspecified atom stereocenters. The van der Waals surface area contributed by atoms with E-state index in [0.29, 0.717) is 0 Å². The highest BCUT2D eigenvalue weighted by Crippen LogP contribution is 2.28. The number of nitrogens with one attached hydrogen (secondary N) is 1. The molecule has 1 aliphatic heterocycles. The van der Waals surface area contributed by atoms with Gasteiger partial charge in [0.2, 0.25) is 0 Å². The average molecular weight is 489 g/mol. The number of nitrogens with zero attached hydrogens (tertiary/aromatic N) is 4. The molecule has 7 heteroatoms. The monoisotopic (exact) mass is 489 g/mol. The maximum Gasteiger partial charge on any atom is 0.193 e. The van der Waals surface area contributed by atoms with E-state index in [9.17, 15) is 0 Å². The van der Waals surface area contributed by atoms with Gasteiger partial charge < -0.3 is 24.8 Å². The average Bonchev–Trinajstić information content (AvgIpc) is 2.71. The Morgan fingerprint density at radius 2 is 1.81 bits per heavy atom. The van der Waals surface area contributed by atoms with Crippen LogP contribution in [0.4, 0.5) is 5.69 Å². The van der Waals surface area contributed by atoms with Crippen molar-refractivity contribution < 1.29 is 4.74 Å². The van der Waals surface area contributed by atoms with Crippen molar-refractivity contribution in [1.29, 1.82) is 0 Å². The predicted molar refractivity (Wildman–Crippen MR) is 126 cm³/mol. The summed E-state index contributed by atoms with van der Waals surface area (Å²) in [5.41, 5.74) is 1.18. The molecule has 1 N–H and O–H groups in total. The molecule has 27 heavy (non-hydrogen) atoms. The molecule has 0 saturated carbocycles. The molecule has 1 fully saturated rings. The molecular formula is C20H36IN5O. The van der Waals surface area contributed by atoms with E-state index in [2.05, 4.69) is 51.0 Å². The van der Waals surface area contributed by atoms with Crippen molar-refractivity contribution in [3.05, 3.63) is 24.3 Å². The van der Waals surface area contributed by atoms with Gasteiger partial charge in [0.25, 0.3) is 0 Å². The van der Waals surface area contributed by atoms with Gasteiger partial charge in [0.1, 0.15) is 5.75 Å². The molecule has 0 spiro atoms. The van der Waals surface area contributed by atoms with Crippen LogP contribution in [-0.4, -0.2) is 82.3 Å². The Hall–Kier alpha value is -1.22. The normalized spacial score (nSPS) is 14.9. The lowest BCUT2D eigenvalue weighted by Gasteiger charge is -2.38. The van der Waals surface area contributed by atoms with E-state index in [0.717, 1.165) is 70.5 Å². The van der Waals surface area contributed by atoms with E-state index < -0.39 is 0 Å². The summed E-state index contributed by atoms with van der Waals surface area (Å²) in [6, 6.07) is 8.25. The van der Waals surface area contributed by atoms with Crippen LogP contribution in [-0.2, 0) is 0 Å². The fourth-order valence-corrected chi connectivity index (χ4v) is 3.43. The van der Waals surface area contributed by atoms with Crippen LogP contribution in [0.1, 0.15) is 20.3 Å². The Kier molecular flexibility index (Phi) is 11.5. The van der Waals surface area contributed by atoms with Gasteiger partial charge in [0, 0.05) is 39.8 Å². The van der Waals surface area contributed by atoms with Crippen molar-refractivity contribution in [2.45, 2.75) is 20.3 Å². The quantitative estimate of drug-likeness (QED) is 0.263. The maximum atomic E-state index is 5.50. The van der Waals surface area contributed by atoms with Gasteiger partial charge in [-0.25, -0.2) is 0 Å². The van der Waals surface area contributed by atoms with Gasteiger partial charge in [-0.2, -0.15) is 0 Å². The number of para-hydroxylation sites is 2. The smallest absolute Gasteiger partial charge is 0.193 e. The second kappa shape index (κ2) is 13.0. The summed E-state index contributed by atoms with van der Waals surface area (Å²) < 4.78 is 5.50. The largest absolute Gasteiger partial charge is 0.495 e. The fourth-order valence-electron chi connectivity index (χ4n) is 3.43. The van der Waals surface area contributed by atoms with E-state index in [1.54, 1.807) is 7.11 Å². The van der Waals surface area contributed by atoms with Gasteiger partial charge >= 0.3 is 0 Å². The zero-order chi connectivity index (χ0) is 18.8. The number of benzene rings is 1. The van der Waals surface area contributed by atoms with Crippen molar-refractivity contribution in [2.75, 3.05) is 71.4 Å². The van der Waals surface area contributed by atoms with E-state index >= 15 is 0 Å². The van der Waals surface area contributed by atoms with Crippen LogP contribution in [0.5, 0.6) is 5.75 Å². The molecule has 0 radical (unpaired) electrons. The minimum absolute atomic E-state index is 0. The minimum atomic E-state index is 0. The molecule has 1 saturated heterocycles. The first-order chi connectivity index (χ1) is 12.7. The number of piperazine rings is 1. The summed E-state index contributed by atoms with van der Waals surface area (Å²) >= 11 is 0. The van der Waals surface area contributed by atoms with Gasteiger partial charge in [-0.15, -0.1) is 24.0 Å². The third-order valence-corrected chi connectivity index (χ3v) is 5.05. The van der Waals surface area contributed by atoms with E-state index in [1.807, 2.05) is 19.2 Å². The summed E-state index contributed by atoms with van der Waals surface area (Å²) in [5.74, 6) is 1.96. The fraction of sp³-hybridized carbons (Fsp3) is 0.650. The number of anilines is 1. The molecule has 6 nitrogen and oxygen atoms in total. The lowest BCUT2D eigenvalue weighted by atomic mass is 10.2. The first-order valence-electron chi connectivity index (χ1n) is 9.79. The number of rotatable bonds is 8. The number of guanidine groups is 1. The third kappa shape index (κ3) is 7.03. The Balaban J connectivity index is 0.00000364. The van der Waals surface area contributed by atoms with Crippen molar-refractivity contribution in [2.24, 2.45) is 4.99 Å². The third-order valence-electron chi connectivity index (χ3n) is 5.05.